The van der Waals surface area contributed by atoms with Crippen molar-refractivity contribution in [3.8, 4) is 0 Å². The number of rotatable bonds is 4. The SMILES string of the molecule is CC(C(=O)N1CCCC1)N1CCN(C(=O)NCC2CC=CCC2)CC1. The van der Waals surface area contributed by atoms with Crippen molar-refractivity contribution in [1.82, 2.24) is 20.0 Å². The van der Waals surface area contributed by atoms with Crippen LogP contribution in [0, 0.1) is 5.92 Å². The van der Waals surface area contributed by atoms with Crippen molar-refractivity contribution in [2.75, 3.05) is 45.8 Å². The molecule has 3 amide bonds. The molecule has 0 aromatic heterocycles. The molecule has 6 nitrogen and oxygen atoms in total. The van der Waals surface area contributed by atoms with E-state index in [2.05, 4.69) is 22.4 Å². The van der Waals surface area contributed by atoms with Crippen molar-refractivity contribution in [2.24, 2.45) is 5.92 Å². The molecule has 2 unspecified atom stereocenters. The summed E-state index contributed by atoms with van der Waals surface area (Å²) >= 11 is 0. The van der Waals surface area contributed by atoms with Gasteiger partial charge in [0.15, 0.2) is 0 Å². The summed E-state index contributed by atoms with van der Waals surface area (Å²) in [5.74, 6) is 0.828. The van der Waals surface area contributed by atoms with Crippen molar-refractivity contribution in [2.45, 2.75) is 45.1 Å². The van der Waals surface area contributed by atoms with E-state index in [1.807, 2.05) is 16.7 Å². The van der Waals surface area contributed by atoms with E-state index in [0.29, 0.717) is 19.0 Å². The lowest BCUT2D eigenvalue weighted by Crippen LogP contribution is -2.56. The van der Waals surface area contributed by atoms with Crippen molar-refractivity contribution in [1.29, 1.82) is 0 Å². The number of amides is 3. The van der Waals surface area contributed by atoms with Gasteiger partial charge in [-0.15, -0.1) is 0 Å². The third kappa shape index (κ3) is 4.75. The standard InChI is InChI=1S/C19H32N4O2/c1-16(18(24)22-9-5-6-10-22)21-11-13-23(14-12-21)19(25)20-15-17-7-3-2-4-8-17/h2-3,16-17H,4-15H2,1H3,(H,20,25). The highest BCUT2D eigenvalue weighted by atomic mass is 16.2. The molecular weight excluding hydrogens is 316 g/mol. The van der Waals surface area contributed by atoms with Crippen LogP contribution in [0.25, 0.3) is 0 Å². The molecule has 140 valence electrons. The summed E-state index contributed by atoms with van der Waals surface area (Å²) in [5.41, 5.74) is 0. The number of allylic oxidation sites excluding steroid dienone is 2. The van der Waals surface area contributed by atoms with Gasteiger partial charge in [0.1, 0.15) is 0 Å². The Labute approximate surface area is 151 Å². The van der Waals surface area contributed by atoms with Crippen molar-refractivity contribution in [3.05, 3.63) is 12.2 Å². The van der Waals surface area contributed by atoms with E-state index in [4.69, 9.17) is 0 Å². The van der Waals surface area contributed by atoms with Gasteiger partial charge in [-0.2, -0.15) is 0 Å². The highest BCUT2D eigenvalue weighted by Gasteiger charge is 2.31. The minimum atomic E-state index is -0.0719. The quantitative estimate of drug-likeness (QED) is 0.787. The molecule has 0 radical (unpaired) electrons. The Morgan fingerprint density at radius 1 is 1.04 bits per heavy atom. The molecule has 0 aromatic carbocycles. The molecule has 1 N–H and O–H groups in total. The second-order valence-corrected chi connectivity index (χ2v) is 7.57. The van der Waals surface area contributed by atoms with Gasteiger partial charge in [-0.05, 0) is 44.9 Å². The van der Waals surface area contributed by atoms with Gasteiger partial charge < -0.3 is 15.1 Å². The second-order valence-electron chi connectivity index (χ2n) is 7.57. The fourth-order valence-electron chi connectivity index (χ4n) is 4.06. The Morgan fingerprint density at radius 3 is 2.40 bits per heavy atom. The van der Waals surface area contributed by atoms with Gasteiger partial charge in [0, 0.05) is 45.8 Å². The Kier molecular flexibility index (Phi) is 6.34. The summed E-state index contributed by atoms with van der Waals surface area (Å²) in [4.78, 5) is 31.0. The van der Waals surface area contributed by atoms with Crippen molar-refractivity contribution in [3.63, 3.8) is 0 Å². The summed E-state index contributed by atoms with van der Waals surface area (Å²) in [6, 6.07) is -0.0231. The highest BCUT2D eigenvalue weighted by Crippen LogP contribution is 2.17. The number of urea groups is 1. The normalized spacial score (nSPS) is 25.9. The average molecular weight is 348 g/mol. The van der Waals surface area contributed by atoms with E-state index in [1.165, 1.54) is 6.42 Å². The predicted molar refractivity (Wildman–Crippen MR) is 98.3 cm³/mol. The monoisotopic (exact) mass is 348 g/mol. The molecule has 1 aliphatic carbocycles. The zero-order chi connectivity index (χ0) is 17.6. The van der Waals surface area contributed by atoms with Crippen molar-refractivity contribution < 1.29 is 9.59 Å². The smallest absolute Gasteiger partial charge is 0.317 e. The van der Waals surface area contributed by atoms with Gasteiger partial charge in [-0.1, -0.05) is 12.2 Å². The van der Waals surface area contributed by atoms with Crippen molar-refractivity contribution >= 4 is 11.9 Å². The number of carbonyl (C=O) groups excluding carboxylic acids is 2. The molecule has 3 aliphatic rings. The Morgan fingerprint density at radius 2 is 1.76 bits per heavy atom. The van der Waals surface area contributed by atoms with Gasteiger partial charge in [0.05, 0.1) is 6.04 Å². The van der Waals surface area contributed by atoms with Gasteiger partial charge in [0.2, 0.25) is 5.91 Å². The second kappa shape index (κ2) is 8.70. The summed E-state index contributed by atoms with van der Waals surface area (Å²) in [6.45, 7) is 7.55. The van der Waals surface area contributed by atoms with E-state index in [-0.39, 0.29) is 18.0 Å². The fourth-order valence-corrected chi connectivity index (χ4v) is 4.06. The third-order valence-corrected chi connectivity index (χ3v) is 5.84. The van der Waals surface area contributed by atoms with Gasteiger partial charge >= 0.3 is 6.03 Å². The summed E-state index contributed by atoms with van der Waals surface area (Å²) in [7, 11) is 0. The number of likely N-dealkylation sites (tertiary alicyclic amines) is 1. The Balaban J connectivity index is 1.39. The lowest BCUT2D eigenvalue weighted by molar-refractivity contribution is -0.135. The first-order valence-corrected chi connectivity index (χ1v) is 9.86. The van der Waals surface area contributed by atoms with Crippen LogP contribution in [0.5, 0.6) is 0 Å². The van der Waals surface area contributed by atoms with Gasteiger partial charge in [-0.3, -0.25) is 9.69 Å². The first-order chi connectivity index (χ1) is 12.1. The zero-order valence-corrected chi connectivity index (χ0v) is 15.5. The van der Waals surface area contributed by atoms with E-state index >= 15 is 0 Å². The largest absolute Gasteiger partial charge is 0.341 e. The number of carbonyl (C=O) groups is 2. The van der Waals surface area contributed by atoms with Gasteiger partial charge in [0.25, 0.3) is 0 Å². The van der Waals surface area contributed by atoms with E-state index in [1.54, 1.807) is 0 Å². The Hall–Kier alpha value is -1.56. The van der Waals surface area contributed by atoms with Crippen LogP contribution in [0.2, 0.25) is 0 Å². The van der Waals surface area contributed by atoms with Crippen LogP contribution < -0.4 is 5.32 Å². The van der Waals surface area contributed by atoms with Crippen LogP contribution in [-0.2, 0) is 4.79 Å². The average Bonchev–Trinajstić information content (AvgIpc) is 3.20. The third-order valence-electron chi connectivity index (χ3n) is 5.84. The molecule has 0 saturated carbocycles. The van der Waals surface area contributed by atoms with Crippen LogP contribution in [0.3, 0.4) is 0 Å². The first-order valence-electron chi connectivity index (χ1n) is 9.86. The minimum Gasteiger partial charge on any atom is -0.341 e. The molecule has 2 heterocycles. The molecule has 0 bridgehead atoms. The van der Waals surface area contributed by atoms with E-state index in [9.17, 15) is 9.59 Å². The van der Waals surface area contributed by atoms with Crippen LogP contribution in [0.1, 0.15) is 39.0 Å². The molecule has 2 aliphatic heterocycles. The topological polar surface area (TPSA) is 55.9 Å². The number of hydrogen-bond donors (Lipinski definition) is 1. The van der Waals surface area contributed by atoms with E-state index in [0.717, 1.165) is 58.4 Å². The molecule has 0 aromatic rings. The first kappa shape index (κ1) is 18.2. The Bertz CT molecular complexity index is 494. The number of nitrogens with zero attached hydrogens (tertiary/aromatic N) is 3. The maximum Gasteiger partial charge on any atom is 0.317 e. The maximum absolute atomic E-state index is 12.5. The number of nitrogens with one attached hydrogen (secondary N) is 1. The molecule has 2 saturated heterocycles. The van der Waals surface area contributed by atoms with Crippen LogP contribution in [0.15, 0.2) is 12.2 Å². The lowest BCUT2D eigenvalue weighted by Gasteiger charge is -2.38. The van der Waals surface area contributed by atoms with Crippen LogP contribution in [-0.4, -0.2) is 78.5 Å². The molecule has 2 fully saturated rings. The minimum absolute atomic E-state index is 0.0488. The summed E-state index contributed by atoms with van der Waals surface area (Å²) in [6.07, 6.45) is 10.1. The fraction of sp³-hybridized carbons (Fsp3) is 0.789. The molecule has 25 heavy (non-hydrogen) atoms. The van der Waals surface area contributed by atoms with Crippen LogP contribution in [0.4, 0.5) is 4.79 Å². The lowest BCUT2D eigenvalue weighted by atomic mass is 9.94. The molecular formula is C19H32N4O2. The molecule has 2 atom stereocenters. The predicted octanol–water partition coefficient (Wildman–Crippen LogP) is 1.68. The summed E-state index contributed by atoms with van der Waals surface area (Å²) in [5, 5.41) is 3.09. The number of hydrogen-bond acceptors (Lipinski definition) is 3. The summed E-state index contributed by atoms with van der Waals surface area (Å²) < 4.78 is 0. The van der Waals surface area contributed by atoms with Gasteiger partial charge in [-0.25, -0.2) is 4.79 Å². The molecule has 3 rings (SSSR count). The zero-order valence-electron chi connectivity index (χ0n) is 15.5. The van der Waals surface area contributed by atoms with E-state index < -0.39 is 0 Å². The molecule has 0 spiro atoms. The number of piperazine rings is 1. The molecule has 6 heteroatoms. The van der Waals surface area contributed by atoms with Crippen LogP contribution >= 0.6 is 0 Å². The highest BCUT2D eigenvalue weighted by molar-refractivity contribution is 5.81. The maximum atomic E-state index is 12.5.